The van der Waals surface area contributed by atoms with Crippen LogP contribution < -0.4 is 14.8 Å². The number of methoxy groups -OCH3 is 2. The smallest absolute Gasteiger partial charge is 0.252 e. The normalized spacial score (nSPS) is 11.4. The Morgan fingerprint density at radius 1 is 1.03 bits per heavy atom. The number of sulfonamides is 1. The summed E-state index contributed by atoms with van der Waals surface area (Å²) < 4.78 is 36.3. The van der Waals surface area contributed by atoms with E-state index in [1.54, 1.807) is 20.3 Å². The summed E-state index contributed by atoms with van der Waals surface area (Å²) >= 11 is 12.1. The van der Waals surface area contributed by atoms with E-state index < -0.39 is 15.9 Å². The fourth-order valence-electron chi connectivity index (χ4n) is 2.55. The molecule has 0 unspecified atom stereocenters. The second-order valence-electron chi connectivity index (χ2n) is 6.25. The lowest BCUT2D eigenvalue weighted by Crippen LogP contribution is -2.27. The minimum atomic E-state index is -3.82. The highest BCUT2D eigenvalue weighted by molar-refractivity contribution is 7.89. The molecule has 0 heterocycles. The maximum atomic E-state index is 12.5. The molecular weight excluding hydrogens is 439 g/mol. The first kappa shape index (κ1) is 23.3. The van der Waals surface area contributed by atoms with Crippen LogP contribution in [0.15, 0.2) is 35.2 Å². The third kappa shape index (κ3) is 5.33. The maximum Gasteiger partial charge on any atom is 0.252 e. The van der Waals surface area contributed by atoms with Crippen molar-refractivity contribution >= 4 is 39.1 Å². The van der Waals surface area contributed by atoms with E-state index >= 15 is 0 Å². The second-order valence-corrected chi connectivity index (χ2v) is 9.18. The van der Waals surface area contributed by atoms with E-state index in [2.05, 4.69) is 5.32 Å². The van der Waals surface area contributed by atoms with Gasteiger partial charge in [0, 0.05) is 20.6 Å². The van der Waals surface area contributed by atoms with E-state index in [-0.39, 0.29) is 20.5 Å². The standard InChI is InChI=1S/C19H22Cl2N2O5S/c1-23(2)29(25,26)18-10-13(14(20)11-15(18)21)19(24)22-8-7-12-5-6-16(27-3)17(9-12)28-4/h5-6,9-11H,7-8H2,1-4H3,(H,22,24). The summed E-state index contributed by atoms with van der Waals surface area (Å²) in [6.45, 7) is 0.309. The summed E-state index contributed by atoms with van der Waals surface area (Å²) in [5, 5.41) is 2.75. The highest BCUT2D eigenvalue weighted by atomic mass is 35.5. The van der Waals surface area contributed by atoms with Gasteiger partial charge in [-0.15, -0.1) is 0 Å². The Bertz CT molecular complexity index is 1010. The van der Waals surface area contributed by atoms with Gasteiger partial charge in [0.05, 0.1) is 29.8 Å². The Labute approximate surface area is 180 Å². The number of ether oxygens (including phenoxy) is 2. The molecule has 0 atom stereocenters. The van der Waals surface area contributed by atoms with Gasteiger partial charge in [-0.05, 0) is 36.2 Å². The summed E-state index contributed by atoms with van der Waals surface area (Å²) in [4.78, 5) is 12.4. The Balaban J connectivity index is 2.15. The van der Waals surface area contributed by atoms with Crippen molar-refractivity contribution in [3.05, 3.63) is 51.5 Å². The number of carbonyl (C=O) groups excluding carboxylic acids is 1. The summed E-state index contributed by atoms with van der Waals surface area (Å²) in [5.74, 6) is 0.709. The number of halogens is 2. The van der Waals surface area contributed by atoms with Gasteiger partial charge in [0.1, 0.15) is 4.90 Å². The lowest BCUT2D eigenvalue weighted by atomic mass is 10.1. The first-order valence-electron chi connectivity index (χ1n) is 8.52. The van der Waals surface area contributed by atoms with Gasteiger partial charge in [0.25, 0.3) is 5.91 Å². The van der Waals surface area contributed by atoms with Crippen molar-refractivity contribution in [1.29, 1.82) is 0 Å². The van der Waals surface area contributed by atoms with Crippen molar-refractivity contribution in [1.82, 2.24) is 9.62 Å². The summed E-state index contributed by atoms with van der Waals surface area (Å²) in [7, 11) is 2.04. The van der Waals surface area contributed by atoms with Crippen LogP contribution in [0.3, 0.4) is 0 Å². The number of amides is 1. The van der Waals surface area contributed by atoms with Crippen molar-refractivity contribution in [3.63, 3.8) is 0 Å². The Morgan fingerprint density at radius 3 is 2.28 bits per heavy atom. The molecule has 2 aromatic carbocycles. The van der Waals surface area contributed by atoms with Gasteiger partial charge in [0.15, 0.2) is 11.5 Å². The van der Waals surface area contributed by atoms with Crippen LogP contribution in [0.5, 0.6) is 11.5 Å². The number of hydrogen-bond donors (Lipinski definition) is 1. The van der Waals surface area contributed by atoms with Gasteiger partial charge in [0.2, 0.25) is 10.0 Å². The Morgan fingerprint density at radius 2 is 1.69 bits per heavy atom. The molecule has 0 fully saturated rings. The highest BCUT2D eigenvalue weighted by Gasteiger charge is 2.24. The van der Waals surface area contributed by atoms with Crippen LogP contribution >= 0.6 is 23.2 Å². The molecule has 0 aliphatic carbocycles. The average molecular weight is 461 g/mol. The molecule has 10 heteroatoms. The maximum absolute atomic E-state index is 12.5. The minimum Gasteiger partial charge on any atom is -0.493 e. The molecule has 1 amide bonds. The molecule has 1 N–H and O–H groups in total. The number of nitrogens with zero attached hydrogens (tertiary/aromatic N) is 1. The van der Waals surface area contributed by atoms with Crippen LogP contribution in [0.4, 0.5) is 0 Å². The van der Waals surface area contributed by atoms with E-state index in [0.717, 1.165) is 9.87 Å². The summed E-state index contributed by atoms with van der Waals surface area (Å²) in [5.41, 5.74) is 0.963. The molecule has 2 rings (SSSR count). The predicted molar refractivity (Wildman–Crippen MR) is 113 cm³/mol. The van der Waals surface area contributed by atoms with Crippen LogP contribution in [-0.2, 0) is 16.4 Å². The zero-order valence-electron chi connectivity index (χ0n) is 16.5. The number of carbonyl (C=O) groups is 1. The van der Waals surface area contributed by atoms with Gasteiger partial charge < -0.3 is 14.8 Å². The van der Waals surface area contributed by atoms with Crippen LogP contribution in [0.1, 0.15) is 15.9 Å². The molecule has 158 valence electrons. The quantitative estimate of drug-likeness (QED) is 0.653. The zero-order valence-corrected chi connectivity index (χ0v) is 18.8. The lowest BCUT2D eigenvalue weighted by molar-refractivity contribution is 0.0954. The molecular formula is C19H22Cl2N2O5S. The topological polar surface area (TPSA) is 84.9 Å². The van der Waals surface area contributed by atoms with Crippen molar-refractivity contribution in [2.75, 3.05) is 34.9 Å². The molecule has 0 saturated heterocycles. The lowest BCUT2D eigenvalue weighted by Gasteiger charge is -2.15. The fraction of sp³-hybridized carbons (Fsp3) is 0.316. The van der Waals surface area contributed by atoms with Crippen molar-refractivity contribution in [2.45, 2.75) is 11.3 Å². The number of benzene rings is 2. The molecule has 0 bridgehead atoms. The van der Waals surface area contributed by atoms with Crippen LogP contribution in [0.2, 0.25) is 10.0 Å². The third-order valence-corrected chi connectivity index (χ3v) is 6.76. The first-order chi connectivity index (χ1) is 13.6. The van der Waals surface area contributed by atoms with Crippen LogP contribution in [0.25, 0.3) is 0 Å². The molecule has 7 nitrogen and oxygen atoms in total. The third-order valence-electron chi connectivity index (χ3n) is 4.17. The van der Waals surface area contributed by atoms with Crippen molar-refractivity contribution in [3.8, 4) is 11.5 Å². The monoisotopic (exact) mass is 460 g/mol. The predicted octanol–water partition coefficient (Wildman–Crippen LogP) is 3.23. The largest absolute Gasteiger partial charge is 0.493 e. The van der Waals surface area contributed by atoms with Gasteiger partial charge >= 0.3 is 0 Å². The minimum absolute atomic E-state index is 0.0313. The van der Waals surface area contributed by atoms with E-state index in [9.17, 15) is 13.2 Å². The average Bonchev–Trinajstić information content (AvgIpc) is 2.67. The van der Waals surface area contributed by atoms with E-state index in [4.69, 9.17) is 32.7 Å². The SMILES string of the molecule is COc1ccc(CCNC(=O)c2cc(S(=O)(=O)N(C)C)c(Cl)cc2Cl)cc1OC. The van der Waals surface area contributed by atoms with Crippen molar-refractivity contribution < 1.29 is 22.7 Å². The van der Waals surface area contributed by atoms with Crippen LogP contribution in [-0.4, -0.2) is 53.5 Å². The Hall–Kier alpha value is -2.00. The van der Waals surface area contributed by atoms with Gasteiger partial charge in [-0.3, -0.25) is 4.79 Å². The molecule has 0 saturated carbocycles. The number of rotatable bonds is 8. The van der Waals surface area contributed by atoms with Gasteiger partial charge in [-0.1, -0.05) is 29.3 Å². The molecule has 0 radical (unpaired) electrons. The molecule has 0 aromatic heterocycles. The summed E-state index contributed by atoms with van der Waals surface area (Å²) in [6, 6.07) is 7.91. The van der Waals surface area contributed by atoms with E-state index in [1.165, 1.54) is 26.2 Å². The zero-order chi connectivity index (χ0) is 21.8. The van der Waals surface area contributed by atoms with E-state index in [1.807, 2.05) is 12.1 Å². The molecule has 0 spiro atoms. The number of hydrogen-bond acceptors (Lipinski definition) is 5. The van der Waals surface area contributed by atoms with Crippen LogP contribution in [0, 0.1) is 0 Å². The van der Waals surface area contributed by atoms with Gasteiger partial charge in [-0.25, -0.2) is 12.7 Å². The fourth-order valence-corrected chi connectivity index (χ4v) is 4.28. The van der Waals surface area contributed by atoms with Crippen molar-refractivity contribution in [2.24, 2.45) is 0 Å². The molecule has 2 aromatic rings. The Kier molecular flexibility index (Phi) is 7.76. The van der Waals surface area contributed by atoms with Gasteiger partial charge in [-0.2, -0.15) is 0 Å². The molecule has 0 aliphatic heterocycles. The number of nitrogens with one attached hydrogen (secondary N) is 1. The highest BCUT2D eigenvalue weighted by Crippen LogP contribution is 2.30. The first-order valence-corrected chi connectivity index (χ1v) is 10.7. The second kappa shape index (κ2) is 9.67. The molecule has 29 heavy (non-hydrogen) atoms. The van der Waals surface area contributed by atoms with E-state index in [0.29, 0.717) is 24.5 Å². The molecule has 0 aliphatic rings. The summed E-state index contributed by atoms with van der Waals surface area (Å²) in [6.07, 6.45) is 0.528.